The Balaban J connectivity index is 3.89. The fourth-order valence-corrected chi connectivity index (χ4v) is 0.853. The first kappa shape index (κ1) is 9.94. The molecule has 0 spiro atoms. The predicted molar refractivity (Wildman–Crippen MR) is 33.0 cm³/mol. The Bertz CT molecular complexity index is 153. The SMILES string of the molecule is CCCC(CC(=O)[O-])C(=O)[O-]. The van der Waals surface area contributed by atoms with E-state index in [1.807, 2.05) is 0 Å². The molecule has 0 heterocycles. The number of hydrogen-bond acceptors (Lipinski definition) is 4. The smallest absolute Gasteiger partial charge is 0.0449 e. The van der Waals surface area contributed by atoms with Crippen molar-refractivity contribution in [3.05, 3.63) is 0 Å². The van der Waals surface area contributed by atoms with Gasteiger partial charge in [-0.2, -0.15) is 0 Å². The second-order valence-corrected chi connectivity index (χ2v) is 2.38. The van der Waals surface area contributed by atoms with Gasteiger partial charge >= 0.3 is 0 Å². The maximum absolute atomic E-state index is 10.2. The number of aliphatic carboxylic acids is 2. The minimum Gasteiger partial charge on any atom is -0.550 e. The molecule has 0 bridgehead atoms. The van der Waals surface area contributed by atoms with E-state index < -0.39 is 24.3 Å². The second-order valence-electron chi connectivity index (χ2n) is 2.38. The highest BCUT2D eigenvalue weighted by Crippen LogP contribution is 2.08. The van der Waals surface area contributed by atoms with Gasteiger partial charge in [-0.05, 0) is 12.8 Å². The summed E-state index contributed by atoms with van der Waals surface area (Å²) in [5, 5.41) is 20.2. The quantitative estimate of drug-likeness (QED) is 0.477. The van der Waals surface area contributed by atoms with Gasteiger partial charge in [0.15, 0.2) is 0 Å². The molecule has 64 valence electrons. The summed E-state index contributed by atoms with van der Waals surface area (Å²) < 4.78 is 0. The minimum atomic E-state index is -1.34. The summed E-state index contributed by atoms with van der Waals surface area (Å²) in [7, 11) is 0. The van der Waals surface area contributed by atoms with Gasteiger partial charge in [-0.1, -0.05) is 13.3 Å². The first-order chi connectivity index (χ1) is 5.07. The molecule has 0 aliphatic heterocycles. The van der Waals surface area contributed by atoms with Crippen molar-refractivity contribution >= 4 is 11.9 Å². The summed E-state index contributed by atoms with van der Waals surface area (Å²) >= 11 is 0. The molecule has 0 amide bonds. The van der Waals surface area contributed by atoms with Gasteiger partial charge < -0.3 is 19.8 Å². The van der Waals surface area contributed by atoms with Crippen LogP contribution in [-0.4, -0.2) is 11.9 Å². The molecule has 11 heavy (non-hydrogen) atoms. The maximum Gasteiger partial charge on any atom is 0.0449 e. The Kier molecular flexibility index (Phi) is 4.26. The van der Waals surface area contributed by atoms with Gasteiger partial charge in [-0.15, -0.1) is 0 Å². The molecule has 0 aliphatic rings. The molecule has 4 nitrogen and oxygen atoms in total. The van der Waals surface area contributed by atoms with Crippen LogP contribution in [0, 0.1) is 5.92 Å². The van der Waals surface area contributed by atoms with E-state index in [2.05, 4.69) is 0 Å². The summed E-state index contributed by atoms with van der Waals surface area (Å²) in [6.07, 6.45) is 0.512. The van der Waals surface area contributed by atoms with Crippen LogP contribution in [0.5, 0.6) is 0 Å². The molecular weight excluding hydrogens is 148 g/mol. The Morgan fingerprint density at radius 1 is 1.36 bits per heavy atom. The third-order valence-electron chi connectivity index (χ3n) is 1.38. The normalized spacial score (nSPS) is 12.5. The van der Waals surface area contributed by atoms with Crippen molar-refractivity contribution in [1.82, 2.24) is 0 Å². The molecule has 0 aliphatic carbocycles. The number of carbonyl (C=O) groups excluding carboxylic acids is 2. The Labute approximate surface area is 64.8 Å². The standard InChI is InChI=1S/C7H12O4/c1-2-3-5(7(10)11)4-6(8)9/h5H,2-4H2,1H3,(H,8,9)(H,10,11)/p-2. The van der Waals surface area contributed by atoms with E-state index in [-0.39, 0.29) is 0 Å². The summed E-state index contributed by atoms with van der Waals surface area (Å²) in [6, 6.07) is 0. The highest BCUT2D eigenvalue weighted by Gasteiger charge is 2.08. The molecule has 0 saturated heterocycles. The number of carboxylic acids is 2. The minimum absolute atomic E-state index is 0.330. The van der Waals surface area contributed by atoms with Crippen molar-refractivity contribution in [3.63, 3.8) is 0 Å². The van der Waals surface area contributed by atoms with Crippen LogP contribution in [0.15, 0.2) is 0 Å². The van der Waals surface area contributed by atoms with Crippen molar-refractivity contribution in [2.45, 2.75) is 26.2 Å². The van der Waals surface area contributed by atoms with Gasteiger partial charge in [0.2, 0.25) is 0 Å². The van der Waals surface area contributed by atoms with Crippen molar-refractivity contribution in [1.29, 1.82) is 0 Å². The Morgan fingerprint density at radius 3 is 2.18 bits per heavy atom. The molecule has 1 atom stereocenters. The average molecular weight is 158 g/mol. The van der Waals surface area contributed by atoms with Gasteiger partial charge in [-0.3, -0.25) is 0 Å². The summed E-state index contributed by atoms with van der Waals surface area (Å²) in [5.74, 6) is -3.55. The van der Waals surface area contributed by atoms with Crippen LogP contribution in [0.1, 0.15) is 26.2 Å². The lowest BCUT2D eigenvalue weighted by Crippen LogP contribution is -2.36. The van der Waals surface area contributed by atoms with E-state index in [4.69, 9.17) is 0 Å². The summed E-state index contributed by atoms with van der Waals surface area (Å²) in [5.41, 5.74) is 0. The van der Waals surface area contributed by atoms with Crippen LogP contribution in [0.25, 0.3) is 0 Å². The number of carbonyl (C=O) groups is 2. The van der Waals surface area contributed by atoms with Crippen molar-refractivity contribution in [2.24, 2.45) is 5.92 Å². The molecule has 0 aromatic carbocycles. The van der Waals surface area contributed by atoms with Gasteiger partial charge in [0.25, 0.3) is 0 Å². The third-order valence-corrected chi connectivity index (χ3v) is 1.38. The van der Waals surface area contributed by atoms with Gasteiger partial charge in [-0.25, -0.2) is 0 Å². The Hall–Kier alpha value is -1.06. The van der Waals surface area contributed by atoms with Crippen molar-refractivity contribution < 1.29 is 19.8 Å². The summed E-state index contributed by atoms with van der Waals surface area (Å²) in [4.78, 5) is 20.2. The highest BCUT2D eigenvalue weighted by molar-refractivity contribution is 5.75. The van der Waals surface area contributed by atoms with Gasteiger partial charge in [0, 0.05) is 17.9 Å². The van der Waals surface area contributed by atoms with Gasteiger partial charge in [0.1, 0.15) is 0 Å². The van der Waals surface area contributed by atoms with Crippen LogP contribution in [-0.2, 0) is 9.59 Å². The van der Waals surface area contributed by atoms with E-state index in [1.54, 1.807) is 6.92 Å². The first-order valence-corrected chi connectivity index (χ1v) is 3.48. The zero-order valence-corrected chi connectivity index (χ0v) is 6.33. The van der Waals surface area contributed by atoms with E-state index >= 15 is 0 Å². The van der Waals surface area contributed by atoms with Crippen molar-refractivity contribution in [3.8, 4) is 0 Å². The molecule has 4 heteroatoms. The monoisotopic (exact) mass is 158 g/mol. The summed E-state index contributed by atoms with van der Waals surface area (Å²) in [6.45, 7) is 1.78. The molecule has 0 N–H and O–H groups in total. The van der Waals surface area contributed by atoms with Crippen LogP contribution in [0.2, 0.25) is 0 Å². The van der Waals surface area contributed by atoms with Crippen LogP contribution >= 0.6 is 0 Å². The third kappa shape index (κ3) is 4.36. The Morgan fingerprint density at radius 2 is 1.91 bits per heavy atom. The molecule has 0 aromatic heterocycles. The predicted octanol–water partition coefficient (Wildman–Crippen LogP) is -1.71. The largest absolute Gasteiger partial charge is 0.550 e. The topological polar surface area (TPSA) is 80.3 Å². The lowest BCUT2D eigenvalue weighted by Gasteiger charge is -2.16. The van der Waals surface area contributed by atoms with E-state index in [0.717, 1.165) is 0 Å². The molecular formula is C7H10O4-2. The van der Waals surface area contributed by atoms with Crippen LogP contribution in [0.4, 0.5) is 0 Å². The van der Waals surface area contributed by atoms with E-state index in [9.17, 15) is 19.8 Å². The molecule has 0 fully saturated rings. The molecule has 1 unspecified atom stereocenters. The van der Waals surface area contributed by atoms with Crippen molar-refractivity contribution in [2.75, 3.05) is 0 Å². The number of rotatable bonds is 5. The lowest BCUT2D eigenvalue weighted by atomic mass is 10.0. The molecule has 0 aromatic rings. The molecule has 0 rings (SSSR count). The number of carboxylic acid groups (broad SMARTS) is 2. The van der Waals surface area contributed by atoms with Crippen LogP contribution in [0.3, 0.4) is 0 Å². The fraction of sp³-hybridized carbons (Fsp3) is 0.714. The van der Waals surface area contributed by atoms with Crippen LogP contribution < -0.4 is 10.2 Å². The molecule has 0 saturated carbocycles. The lowest BCUT2D eigenvalue weighted by molar-refractivity contribution is -0.320. The zero-order chi connectivity index (χ0) is 8.85. The molecule has 0 radical (unpaired) electrons. The average Bonchev–Trinajstić information content (AvgIpc) is 1.86. The zero-order valence-electron chi connectivity index (χ0n) is 6.33. The second kappa shape index (κ2) is 4.71. The first-order valence-electron chi connectivity index (χ1n) is 3.48. The van der Waals surface area contributed by atoms with Gasteiger partial charge in [0.05, 0.1) is 0 Å². The fourth-order valence-electron chi connectivity index (χ4n) is 0.853. The van der Waals surface area contributed by atoms with E-state index in [1.165, 1.54) is 0 Å². The number of hydrogen-bond donors (Lipinski definition) is 0. The maximum atomic E-state index is 10.2. The highest BCUT2D eigenvalue weighted by atomic mass is 16.4. The van der Waals surface area contributed by atoms with E-state index in [0.29, 0.717) is 12.8 Å².